The molecular formula is C25H32F3N5O2S2. The molecule has 0 atom stereocenters. The van der Waals surface area contributed by atoms with Gasteiger partial charge in [0.2, 0.25) is 0 Å². The number of alkyl halides is 3. The highest BCUT2D eigenvalue weighted by Gasteiger charge is 2.49. The van der Waals surface area contributed by atoms with E-state index in [1.54, 1.807) is 24.8 Å². The number of nitriles is 1. The maximum absolute atomic E-state index is 13.5. The summed E-state index contributed by atoms with van der Waals surface area (Å²) in [6, 6.07) is 4.79. The van der Waals surface area contributed by atoms with Crippen LogP contribution in [0.4, 0.5) is 18.9 Å². The zero-order chi connectivity index (χ0) is 27.4. The van der Waals surface area contributed by atoms with Gasteiger partial charge in [0, 0.05) is 32.7 Å². The lowest BCUT2D eigenvalue weighted by molar-refractivity contribution is -0.137. The van der Waals surface area contributed by atoms with Crippen LogP contribution in [0.15, 0.2) is 18.2 Å². The van der Waals surface area contributed by atoms with Crippen molar-refractivity contribution < 1.29 is 22.7 Å². The highest BCUT2D eigenvalue weighted by atomic mass is 32.1. The number of thiocarbonyl (C=S) groups is 2. The SMILES string of the molecule is CCOC(=S)N1CCN(CCCCCN2C(=S)N(c3ccc(C#N)c(C(F)(F)F)c3)C(=O)C2(C)C)CC1. The Bertz CT molecular complexity index is 1070. The molecule has 2 aliphatic rings. The largest absolute Gasteiger partial charge is 0.471 e. The molecule has 0 aromatic heterocycles. The molecule has 1 aromatic carbocycles. The molecular weight excluding hydrogens is 523 g/mol. The Kier molecular flexibility index (Phi) is 9.37. The first-order chi connectivity index (χ1) is 17.4. The minimum Gasteiger partial charge on any atom is -0.471 e. The summed E-state index contributed by atoms with van der Waals surface area (Å²) in [7, 11) is 0. The Balaban J connectivity index is 1.55. The van der Waals surface area contributed by atoms with Gasteiger partial charge in [-0.3, -0.25) is 14.6 Å². The molecule has 2 heterocycles. The van der Waals surface area contributed by atoms with E-state index in [1.165, 1.54) is 6.07 Å². The molecule has 0 bridgehead atoms. The molecule has 3 rings (SSSR count). The summed E-state index contributed by atoms with van der Waals surface area (Å²) < 4.78 is 45.8. The van der Waals surface area contributed by atoms with Crippen LogP contribution in [0.5, 0.6) is 0 Å². The van der Waals surface area contributed by atoms with Crippen LogP contribution in [-0.2, 0) is 15.7 Å². The molecule has 0 spiro atoms. The van der Waals surface area contributed by atoms with Crippen molar-refractivity contribution in [1.29, 1.82) is 5.26 Å². The van der Waals surface area contributed by atoms with Crippen molar-refractivity contribution in [2.24, 2.45) is 0 Å². The van der Waals surface area contributed by atoms with E-state index >= 15 is 0 Å². The van der Waals surface area contributed by atoms with E-state index in [1.807, 2.05) is 6.92 Å². The first-order valence-corrected chi connectivity index (χ1v) is 13.1. The fraction of sp³-hybridized carbons (Fsp3) is 0.600. The summed E-state index contributed by atoms with van der Waals surface area (Å²) in [6.45, 7) is 11.0. The van der Waals surface area contributed by atoms with Crippen molar-refractivity contribution in [2.75, 3.05) is 50.8 Å². The topological polar surface area (TPSA) is 63.1 Å². The number of carbonyl (C=O) groups excluding carboxylic acids is 1. The smallest absolute Gasteiger partial charge is 0.417 e. The molecule has 7 nitrogen and oxygen atoms in total. The van der Waals surface area contributed by atoms with Gasteiger partial charge in [0.15, 0.2) is 5.11 Å². The van der Waals surface area contributed by atoms with Gasteiger partial charge in [0.05, 0.1) is 29.5 Å². The maximum Gasteiger partial charge on any atom is 0.417 e. The first kappa shape index (κ1) is 29.1. The van der Waals surface area contributed by atoms with Gasteiger partial charge in [-0.1, -0.05) is 6.42 Å². The average Bonchev–Trinajstić information content (AvgIpc) is 3.02. The minimum absolute atomic E-state index is 0.0138. The molecule has 202 valence electrons. The van der Waals surface area contributed by atoms with Crippen LogP contribution in [0.1, 0.15) is 51.2 Å². The number of anilines is 1. The number of piperazine rings is 1. The van der Waals surface area contributed by atoms with Crippen molar-refractivity contribution >= 4 is 46.3 Å². The molecule has 2 aliphatic heterocycles. The van der Waals surface area contributed by atoms with E-state index < -0.39 is 28.7 Å². The molecule has 2 fully saturated rings. The second-order valence-corrected chi connectivity index (χ2v) is 10.3. The zero-order valence-electron chi connectivity index (χ0n) is 21.3. The molecule has 1 amide bonds. The molecule has 0 unspecified atom stereocenters. The van der Waals surface area contributed by atoms with E-state index in [-0.39, 0.29) is 10.8 Å². The highest BCUT2D eigenvalue weighted by Crippen LogP contribution is 2.38. The molecule has 0 aliphatic carbocycles. The number of halogens is 3. The quantitative estimate of drug-likeness (QED) is 0.346. The second kappa shape index (κ2) is 11.9. The van der Waals surface area contributed by atoms with Crippen molar-refractivity contribution in [3.05, 3.63) is 29.3 Å². The second-order valence-electron chi connectivity index (χ2n) is 9.56. The predicted octanol–water partition coefficient (Wildman–Crippen LogP) is 4.40. The number of benzene rings is 1. The number of hydrogen-bond acceptors (Lipinski definition) is 6. The van der Waals surface area contributed by atoms with Crippen molar-refractivity contribution in [1.82, 2.24) is 14.7 Å². The number of amides is 1. The van der Waals surface area contributed by atoms with Gasteiger partial charge in [-0.05, 0) is 82.8 Å². The van der Waals surface area contributed by atoms with Crippen LogP contribution >= 0.6 is 24.4 Å². The summed E-state index contributed by atoms with van der Waals surface area (Å²) in [5, 5.41) is 9.80. The van der Waals surface area contributed by atoms with Gasteiger partial charge >= 0.3 is 6.18 Å². The molecule has 37 heavy (non-hydrogen) atoms. The molecule has 1 aromatic rings. The molecule has 0 radical (unpaired) electrons. The fourth-order valence-corrected chi connectivity index (χ4v) is 5.40. The number of ether oxygens (including phenoxy) is 1. The van der Waals surface area contributed by atoms with Crippen LogP contribution < -0.4 is 4.90 Å². The van der Waals surface area contributed by atoms with Crippen LogP contribution in [0.2, 0.25) is 0 Å². The van der Waals surface area contributed by atoms with E-state index in [9.17, 15) is 18.0 Å². The Labute approximate surface area is 226 Å². The Morgan fingerprint density at radius 3 is 2.38 bits per heavy atom. The van der Waals surface area contributed by atoms with Gasteiger partial charge in [0.1, 0.15) is 5.54 Å². The summed E-state index contributed by atoms with van der Waals surface area (Å²) >= 11 is 10.8. The standard InChI is InChI=1S/C25H32F3N5O2S2/c1-4-35-23(37)31-14-12-30(13-15-31)10-6-5-7-11-32-22(36)33(21(34)24(32,2)3)19-9-8-18(17-29)20(16-19)25(26,27)28/h8-9,16H,4-7,10-15H2,1-3H3. The predicted molar refractivity (Wildman–Crippen MR) is 143 cm³/mol. The third-order valence-corrected chi connectivity index (χ3v) is 7.54. The van der Waals surface area contributed by atoms with Crippen LogP contribution in [0, 0.1) is 11.3 Å². The Morgan fingerprint density at radius 2 is 1.78 bits per heavy atom. The Hall–Kier alpha value is -2.49. The van der Waals surface area contributed by atoms with Gasteiger partial charge in [-0.2, -0.15) is 18.4 Å². The third-order valence-electron chi connectivity index (χ3n) is 6.77. The maximum atomic E-state index is 13.5. The normalized spacial score (nSPS) is 18.4. The average molecular weight is 556 g/mol. The molecule has 0 saturated carbocycles. The zero-order valence-corrected chi connectivity index (χ0v) is 22.9. The van der Waals surface area contributed by atoms with Gasteiger partial charge in [-0.25, -0.2) is 0 Å². The fourth-order valence-electron chi connectivity index (χ4n) is 4.59. The number of nitrogens with zero attached hydrogens (tertiary/aromatic N) is 5. The van der Waals surface area contributed by atoms with E-state index in [4.69, 9.17) is 34.4 Å². The van der Waals surface area contributed by atoms with E-state index in [2.05, 4.69) is 9.80 Å². The van der Waals surface area contributed by atoms with Crippen LogP contribution in [-0.4, -0.2) is 82.3 Å². The molecule has 12 heteroatoms. The lowest BCUT2D eigenvalue weighted by Gasteiger charge is -2.35. The minimum atomic E-state index is -4.72. The highest BCUT2D eigenvalue weighted by molar-refractivity contribution is 7.80. The lowest BCUT2D eigenvalue weighted by atomic mass is 10.0. The third kappa shape index (κ3) is 6.51. The molecule has 2 saturated heterocycles. The number of rotatable bonds is 8. The number of hydrogen-bond donors (Lipinski definition) is 0. The summed E-state index contributed by atoms with van der Waals surface area (Å²) in [6.07, 6.45) is -2.02. The summed E-state index contributed by atoms with van der Waals surface area (Å²) in [5.74, 6) is -0.391. The Morgan fingerprint density at radius 1 is 1.14 bits per heavy atom. The number of carbonyl (C=O) groups is 1. The molecule has 0 N–H and O–H groups in total. The van der Waals surface area contributed by atoms with Crippen molar-refractivity contribution in [3.8, 4) is 6.07 Å². The lowest BCUT2D eigenvalue weighted by Crippen LogP contribution is -2.48. The summed E-state index contributed by atoms with van der Waals surface area (Å²) in [4.78, 5) is 20.6. The van der Waals surface area contributed by atoms with E-state index in [0.717, 1.165) is 69.0 Å². The van der Waals surface area contributed by atoms with Crippen LogP contribution in [0.3, 0.4) is 0 Å². The van der Waals surface area contributed by atoms with Gasteiger partial charge < -0.3 is 14.5 Å². The first-order valence-electron chi connectivity index (χ1n) is 12.3. The monoisotopic (exact) mass is 555 g/mol. The number of unbranched alkanes of at least 4 members (excludes halogenated alkanes) is 2. The summed E-state index contributed by atoms with van der Waals surface area (Å²) in [5.41, 5.74) is -2.55. The van der Waals surface area contributed by atoms with E-state index in [0.29, 0.717) is 18.3 Å². The van der Waals surface area contributed by atoms with Crippen LogP contribution in [0.25, 0.3) is 0 Å². The van der Waals surface area contributed by atoms with Crippen molar-refractivity contribution in [3.63, 3.8) is 0 Å². The van der Waals surface area contributed by atoms with Gasteiger partial charge in [-0.15, -0.1) is 0 Å². The van der Waals surface area contributed by atoms with Gasteiger partial charge in [0.25, 0.3) is 11.1 Å². The van der Waals surface area contributed by atoms with Crippen molar-refractivity contribution in [2.45, 2.75) is 51.7 Å².